The summed E-state index contributed by atoms with van der Waals surface area (Å²) in [6.07, 6.45) is 0. The van der Waals surface area contributed by atoms with E-state index >= 15 is 0 Å². The van der Waals surface area contributed by atoms with Crippen molar-refractivity contribution in [2.75, 3.05) is 4.72 Å². The highest BCUT2D eigenvalue weighted by Gasteiger charge is 2.22. The summed E-state index contributed by atoms with van der Waals surface area (Å²) in [4.78, 5) is 13.3. The van der Waals surface area contributed by atoms with Gasteiger partial charge >= 0.3 is 0 Å². The molecule has 5 nitrogen and oxygen atoms in total. The Morgan fingerprint density at radius 2 is 1.35 bits per heavy atom. The van der Waals surface area contributed by atoms with Gasteiger partial charge in [0.05, 0.1) is 10.9 Å². The van der Waals surface area contributed by atoms with Gasteiger partial charge in [0.2, 0.25) is 0 Å². The van der Waals surface area contributed by atoms with Gasteiger partial charge < -0.3 is 5.32 Å². The molecule has 6 heteroatoms. The topological polar surface area (TPSA) is 75.3 Å². The van der Waals surface area contributed by atoms with Gasteiger partial charge in [-0.2, -0.15) is 0 Å². The first-order valence-corrected chi connectivity index (χ1v) is 12.4. The highest BCUT2D eigenvalue weighted by Crippen LogP contribution is 2.24. The Morgan fingerprint density at radius 3 is 1.94 bits per heavy atom. The molecule has 0 aliphatic rings. The molecule has 0 radical (unpaired) electrons. The monoisotopic (exact) mass is 470 g/mol. The number of carbonyl (C=O) groups excluding carboxylic acids is 1. The van der Waals surface area contributed by atoms with Gasteiger partial charge in [-0.05, 0) is 60.4 Å². The van der Waals surface area contributed by atoms with Gasteiger partial charge in [-0.3, -0.25) is 9.52 Å². The molecule has 0 saturated carbocycles. The molecule has 172 valence electrons. The second-order valence-electron chi connectivity index (χ2n) is 8.18. The second-order valence-corrected chi connectivity index (χ2v) is 9.83. The number of sulfonamides is 1. The molecule has 4 aromatic carbocycles. The number of nitrogens with one attached hydrogen (secondary N) is 2. The van der Waals surface area contributed by atoms with E-state index in [9.17, 15) is 13.2 Å². The number of anilines is 1. The summed E-state index contributed by atoms with van der Waals surface area (Å²) in [5.41, 5.74) is 4.11. The zero-order chi connectivity index (χ0) is 24.1. The van der Waals surface area contributed by atoms with Crippen LogP contribution in [0.4, 0.5) is 5.69 Å². The van der Waals surface area contributed by atoms with Crippen LogP contribution in [0.15, 0.2) is 108 Å². The van der Waals surface area contributed by atoms with Crippen LogP contribution in [0.3, 0.4) is 0 Å². The second kappa shape index (κ2) is 9.93. The number of aryl methyl sites for hydroxylation is 2. The Hall–Kier alpha value is -3.90. The molecule has 0 atom stereocenters. The van der Waals surface area contributed by atoms with Crippen molar-refractivity contribution in [3.05, 3.63) is 131 Å². The van der Waals surface area contributed by atoms with E-state index in [1.807, 2.05) is 73.7 Å². The van der Waals surface area contributed by atoms with Crippen LogP contribution in [0.5, 0.6) is 0 Å². The SMILES string of the molecule is Cc1cccc(NS(=O)(=O)c2cc(C(=O)NC(c3ccccc3)c3ccccc3)ccc2C)c1. The molecule has 1 amide bonds. The number of benzene rings is 4. The van der Waals surface area contributed by atoms with Crippen molar-refractivity contribution in [2.45, 2.75) is 24.8 Å². The molecule has 0 saturated heterocycles. The van der Waals surface area contributed by atoms with Crippen molar-refractivity contribution in [1.29, 1.82) is 0 Å². The molecular formula is C28H26N2O3S. The van der Waals surface area contributed by atoms with Crippen LogP contribution in [-0.4, -0.2) is 14.3 Å². The number of carbonyl (C=O) groups is 1. The molecule has 0 aliphatic heterocycles. The number of hydrogen-bond acceptors (Lipinski definition) is 3. The van der Waals surface area contributed by atoms with Crippen LogP contribution in [0.2, 0.25) is 0 Å². The predicted octanol–water partition coefficient (Wildman–Crippen LogP) is 5.62. The molecule has 0 unspecified atom stereocenters. The van der Waals surface area contributed by atoms with Crippen molar-refractivity contribution < 1.29 is 13.2 Å². The summed E-state index contributed by atoms with van der Waals surface area (Å²) in [6, 6.07) is 30.8. The van der Waals surface area contributed by atoms with Crippen LogP contribution in [0.1, 0.15) is 38.7 Å². The van der Waals surface area contributed by atoms with E-state index in [0.29, 0.717) is 11.3 Å². The summed E-state index contributed by atoms with van der Waals surface area (Å²) in [7, 11) is -3.88. The summed E-state index contributed by atoms with van der Waals surface area (Å²) in [6.45, 7) is 3.60. The van der Waals surface area contributed by atoms with E-state index in [2.05, 4.69) is 10.0 Å². The molecule has 0 bridgehead atoms. The Morgan fingerprint density at radius 1 is 0.735 bits per heavy atom. The van der Waals surface area contributed by atoms with E-state index < -0.39 is 10.0 Å². The lowest BCUT2D eigenvalue weighted by atomic mass is 9.98. The molecule has 0 heterocycles. The third-order valence-corrected chi connectivity index (χ3v) is 7.07. The van der Waals surface area contributed by atoms with Crippen molar-refractivity contribution in [3.63, 3.8) is 0 Å². The number of rotatable bonds is 7. The summed E-state index contributed by atoms with van der Waals surface area (Å²) < 4.78 is 28.9. The molecule has 4 rings (SSSR count). The van der Waals surface area contributed by atoms with E-state index in [1.165, 1.54) is 6.07 Å². The Bertz CT molecular complexity index is 1360. The minimum atomic E-state index is -3.88. The maximum absolute atomic E-state index is 13.3. The van der Waals surface area contributed by atoms with Crippen molar-refractivity contribution in [3.8, 4) is 0 Å². The summed E-state index contributed by atoms with van der Waals surface area (Å²) in [5.74, 6) is -0.357. The van der Waals surface area contributed by atoms with Crippen LogP contribution in [0, 0.1) is 13.8 Å². The maximum Gasteiger partial charge on any atom is 0.262 e. The third-order valence-electron chi connectivity index (χ3n) is 5.55. The van der Waals surface area contributed by atoms with Crippen LogP contribution in [-0.2, 0) is 10.0 Å². The van der Waals surface area contributed by atoms with Gasteiger partial charge in [-0.1, -0.05) is 78.9 Å². The minimum absolute atomic E-state index is 0.0672. The van der Waals surface area contributed by atoms with Crippen LogP contribution >= 0.6 is 0 Å². The molecule has 0 spiro atoms. The fraction of sp³-hybridized carbons (Fsp3) is 0.107. The average Bonchev–Trinajstić information content (AvgIpc) is 2.83. The number of hydrogen-bond donors (Lipinski definition) is 2. The third kappa shape index (κ3) is 5.35. The zero-order valence-corrected chi connectivity index (χ0v) is 19.8. The Labute approximate surface area is 200 Å². The van der Waals surface area contributed by atoms with Crippen molar-refractivity contribution in [1.82, 2.24) is 5.32 Å². The number of amides is 1. The van der Waals surface area contributed by atoms with E-state index in [-0.39, 0.29) is 22.4 Å². The largest absolute Gasteiger partial charge is 0.341 e. The van der Waals surface area contributed by atoms with Gasteiger partial charge in [0, 0.05) is 11.3 Å². The van der Waals surface area contributed by atoms with E-state index in [1.54, 1.807) is 37.3 Å². The lowest BCUT2D eigenvalue weighted by molar-refractivity contribution is 0.0942. The van der Waals surface area contributed by atoms with Crippen LogP contribution in [0.25, 0.3) is 0 Å². The van der Waals surface area contributed by atoms with Gasteiger partial charge in [-0.15, -0.1) is 0 Å². The molecule has 4 aromatic rings. The minimum Gasteiger partial charge on any atom is -0.341 e. The van der Waals surface area contributed by atoms with Gasteiger partial charge in [0.15, 0.2) is 0 Å². The maximum atomic E-state index is 13.3. The lowest BCUT2D eigenvalue weighted by Crippen LogP contribution is -2.29. The van der Waals surface area contributed by atoms with Gasteiger partial charge in [0.25, 0.3) is 15.9 Å². The highest BCUT2D eigenvalue weighted by atomic mass is 32.2. The Balaban J connectivity index is 1.64. The first-order valence-electron chi connectivity index (χ1n) is 10.9. The molecule has 0 aromatic heterocycles. The molecule has 2 N–H and O–H groups in total. The smallest absolute Gasteiger partial charge is 0.262 e. The van der Waals surface area contributed by atoms with E-state index in [4.69, 9.17) is 0 Å². The normalized spacial score (nSPS) is 11.3. The quantitative estimate of drug-likeness (QED) is 0.368. The van der Waals surface area contributed by atoms with Crippen molar-refractivity contribution >= 4 is 21.6 Å². The predicted molar refractivity (Wildman–Crippen MR) is 135 cm³/mol. The van der Waals surface area contributed by atoms with E-state index in [0.717, 1.165) is 16.7 Å². The van der Waals surface area contributed by atoms with Crippen molar-refractivity contribution in [2.24, 2.45) is 0 Å². The fourth-order valence-electron chi connectivity index (χ4n) is 3.81. The summed E-state index contributed by atoms with van der Waals surface area (Å²) >= 11 is 0. The lowest BCUT2D eigenvalue weighted by Gasteiger charge is -2.20. The molecule has 0 aliphatic carbocycles. The summed E-state index contributed by atoms with van der Waals surface area (Å²) in [5, 5.41) is 3.07. The average molecular weight is 471 g/mol. The fourth-order valence-corrected chi connectivity index (χ4v) is 5.14. The molecular weight excluding hydrogens is 444 g/mol. The van der Waals surface area contributed by atoms with Gasteiger partial charge in [-0.25, -0.2) is 8.42 Å². The molecule has 34 heavy (non-hydrogen) atoms. The standard InChI is InChI=1S/C28H26N2O3S/c1-20-10-9-15-25(18-20)30-34(32,33)26-19-24(17-16-21(26)2)28(31)29-27(22-11-5-3-6-12-22)23-13-7-4-8-14-23/h3-19,27,30H,1-2H3,(H,29,31). The zero-order valence-electron chi connectivity index (χ0n) is 19.0. The first kappa shape index (κ1) is 23.3. The van der Waals surface area contributed by atoms with Gasteiger partial charge in [0.1, 0.15) is 0 Å². The first-order chi connectivity index (χ1) is 16.3. The van der Waals surface area contributed by atoms with Crippen LogP contribution < -0.4 is 10.0 Å². The molecule has 0 fully saturated rings. The Kier molecular flexibility index (Phi) is 6.80. The highest BCUT2D eigenvalue weighted by molar-refractivity contribution is 7.92.